The highest BCUT2D eigenvalue weighted by atomic mass is 16.5. The number of ether oxygens (including phenoxy) is 1. The fraction of sp³-hybridized carbons (Fsp3) is 0.318. The first-order valence-corrected chi connectivity index (χ1v) is 9.33. The van der Waals surface area contributed by atoms with E-state index in [0.717, 1.165) is 22.3 Å². The smallest absolute Gasteiger partial charge is 0.407 e. The molecule has 6 nitrogen and oxygen atoms in total. The fourth-order valence-corrected chi connectivity index (χ4v) is 3.59. The van der Waals surface area contributed by atoms with Crippen LogP contribution in [-0.4, -0.2) is 29.8 Å². The number of fused-ring (bicyclic) bond motifs is 3. The number of rotatable bonds is 8. The standard InChI is InChI=1S/C22H22N2O4/c23-13-7-1-2-12-20(21(25)26)24-22(27)28-14-19-17-10-5-3-8-15(17)16-9-4-6-11-18(16)19/h3-6,8-11,19-20H,1-2,7,12,14H2,(H,24,27)(H,25,26). The summed E-state index contributed by atoms with van der Waals surface area (Å²) in [5.41, 5.74) is 4.46. The highest BCUT2D eigenvalue weighted by Gasteiger charge is 2.29. The Hall–Kier alpha value is -3.33. The molecule has 0 saturated heterocycles. The molecule has 1 aliphatic rings. The summed E-state index contributed by atoms with van der Waals surface area (Å²) in [4.78, 5) is 23.5. The maximum atomic E-state index is 12.2. The topological polar surface area (TPSA) is 99.4 Å². The molecule has 2 aromatic rings. The molecule has 0 radical (unpaired) electrons. The molecule has 0 spiro atoms. The van der Waals surface area contributed by atoms with Crippen LogP contribution < -0.4 is 5.32 Å². The molecular weight excluding hydrogens is 356 g/mol. The van der Waals surface area contributed by atoms with Gasteiger partial charge < -0.3 is 15.2 Å². The molecule has 0 fully saturated rings. The van der Waals surface area contributed by atoms with Crippen LogP contribution >= 0.6 is 0 Å². The van der Waals surface area contributed by atoms with Gasteiger partial charge in [-0.05, 0) is 41.5 Å². The molecule has 1 unspecified atom stereocenters. The number of nitrogens with zero attached hydrogens (tertiary/aromatic N) is 1. The van der Waals surface area contributed by atoms with E-state index in [9.17, 15) is 14.7 Å². The van der Waals surface area contributed by atoms with Gasteiger partial charge in [0.05, 0.1) is 6.07 Å². The Morgan fingerprint density at radius 1 is 1.07 bits per heavy atom. The number of amides is 1. The van der Waals surface area contributed by atoms with Crippen LogP contribution in [0, 0.1) is 11.3 Å². The average molecular weight is 378 g/mol. The van der Waals surface area contributed by atoms with Crippen LogP contribution in [0.3, 0.4) is 0 Å². The second-order valence-electron chi connectivity index (χ2n) is 6.76. The minimum absolute atomic E-state index is 0.0722. The lowest BCUT2D eigenvalue weighted by Crippen LogP contribution is -2.41. The second-order valence-corrected chi connectivity index (χ2v) is 6.76. The molecule has 6 heteroatoms. The Morgan fingerprint density at radius 2 is 1.68 bits per heavy atom. The van der Waals surface area contributed by atoms with Gasteiger partial charge in [0.25, 0.3) is 0 Å². The number of benzene rings is 2. The molecular formula is C22H22N2O4. The van der Waals surface area contributed by atoms with Gasteiger partial charge in [-0.3, -0.25) is 0 Å². The third kappa shape index (κ3) is 4.32. The zero-order valence-corrected chi connectivity index (χ0v) is 15.4. The Morgan fingerprint density at radius 3 is 2.25 bits per heavy atom. The number of aliphatic carboxylic acids is 1. The van der Waals surface area contributed by atoms with Gasteiger partial charge in [-0.25, -0.2) is 9.59 Å². The van der Waals surface area contributed by atoms with Crippen LogP contribution in [0.1, 0.15) is 42.7 Å². The Labute approximate surface area is 163 Å². The minimum atomic E-state index is -1.11. The number of carbonyl (C=O) groups excluding carboxylic acids is 1. The van der Waals surface area contributed by atoms with Crippen molar-refractivity contribution in [2.24, 2.45) is 0 Å². The first-order valence-electron chi connectivity index (χ1n) is 9.33. The summed E-state index contributed by atoms with van der Waals surface area (Å²) in [5, 5.41) is 20.2. The van der Waals surface area contributed by atoms with Crippen molar-refractivity contribution in [1.29, 1.82) is 5.26 Å². The lowest BCUT2D eigenvalue weighted by Gasteiger charge is -2.17. The van der Waals surface area contributed by atoms with Crippen molar-refractivity contribution >= 4 is 12.1 Å². The number of hydrogen-bond donors (Lipinski definition) is 2. The zero-order chi connectivity index (χ0) is 19.9. The monoisotopic (exact) mass is 378 g/mol. The molecule has 0 aromatic heterocycles. The van der Waals surface area contributed by atoms with Crippen LogP contribution in [-0.2, 0) is 9.53 Å². The lowest BCUT2D eigenvalue weighted by atomic mass is 9.98. The molecule has 0 saturated carbocycles. The normalized spacial score (nSPS) is 13.1. The van der Waals surface area contributed by atoms with Crippen LogP contribution in [0.15, 0.2) is 48.5 Å². The van der Waals surface area contributed by atoms with Gasteiger partial charge >= 0.3 is 12.1 Å². The van der Waals surface area contributed by atoms with E-state index < -0.39 is 18.1 Å². The number of carboxylic acids is 1. The van der Waals surface area contributed by atoms with Crippen molar-refractivity contribution in [3.63, 3.8) is 0 Å². The molecule has 2 aromatic carbocycles. The van der Waals surface area contributed by atoms with Crippen molar-refractivity contribution in [1.82, 2.24) is 5.32 Å². The molecule has 1 atom stereocenters. The first-order chi connectivity index (χ1) is 13.6. The zero-order valence-electron chi connectivity index (χ0n) is 15.4. The number of unbranched alkanes of at least 4 members (excludes halogenated alkanes) is 2. The number of carboxylic acid groups (broad SMARTS) is 1. The first kappa shape index (κ1) is 19.4. The summed E-state index contributed by atoms with van der Waals surface area (Å²) in [5.74, 6) is -1.18. The van der Waals surface area contributed by atoms with Crippen molar-refractivity contribution in [2.75, 3.05) is 6.61 Å². The number of carbonyl (C=O) groups is 2. The van der Waals surface area contributed by atoms with E-state index in [1.54, 1.807) is 0 Å². The summed E-state index contributed by atoms with van der Waals surface area (Å²) >= 11 is 0. The quantitative estimate of drug-likeness (QED) is 0.675. The van der Waals surface area contributed by atoms with Crippen LogP contribution in [0.2, 0.25) is 0 Å². The van der Waals surface area contributed by atoms with E-state index >= 15 is 0 Å². The van der Waals surface area contributed by atoms with Crippen molar-refractivity contribution in [3.05, 3.63) is 59.7 Å². The SMILES string of the molecule is N#CCCCCC(NC(=O)OCC1c2ccccc2-c2ccccc21)C(=O)O. The predicted molar refractivity (Wildman–Crippen MR) is 104 cm³/mol. The molecule has 1 aliphatic carbocycles. The average Bonchev–Trinajstić information content (AvgIpc) is 3.02. The van der Waals surface area contributed by atoms with E-state index in [4.69, 9.17) is 10.00 Å². The van der Waals surface area contributed by atoms with Crippen molar-refractivity contribution in [3.8, 4) is 17.2 Å². The second kappa shape index (κ2) is 9.05. The van der Waals surface area contributed by atoms with E-state index in [2.05, 4.69) is 17.4 Å². The summed E-state index contributed by atoms with van der Waals surface area (Å²) in [7, 11) is 0. The minimum Gasteiger partial charge on any atom is -0.480 e. The van der Waals surface area contributed by atoms with Gasteiger partial charge in [0.2, 0.25) is 0 Å². The van der Waals surface area contributed by atoms with E-state index in [0.29, 0.717) is 19.3 Å². The Bertz CT molecular complexity index is 858. The Balaban J connectivity index is 1.61. The lowest BCUT2D eigenvalue weighted by molar-refractivity contribution is -0.139. The third-order valence-electron chi connectivity index (χ3n) is 4.97. The maximum Gasteiger partial charge on any atom is 0.407 e. The van der Waals surface area contributed by atoms with Crippen LogP contribution in [0.25, 0.3) is 11.1 Å². The predicted octanol–water partition coefficient (Wildman–Crippen LogP) is 4.06. The molecule has 3 rings (SSSR count). The Kier molecular flexibility index (Phi) is 6.28. The summed E-state index contributed by atoms with van der Waals surface area (Å²) in [6, 6.07) is 17.0. The molecule has 0 heterocycles. The highest BCUT2D eigenvalue weighted by Crippen LogP contribution is 2.44. The number of alkyl carbamates (subject to hydrolysis) is 1. The number of nitriles is 1. The molecule has 2 N–H and O–H groups in total. The summed E-state index contributed by atoms with van der Waals surface area (Å²) < 4.78 is 5.38. The summed E-state index contributed by atoms with van der Waals surface area (Å²) in [6.45, 7) is 0.140. The van der Waals surface area contributed by atoms with Gasteiger partial charge in [-0.15, -0.1) is 0 Å². The molecule has 0 bridgehead atoms. The van der Waals surface area contributed by atoms with Crippen molar-refractivity contribution < 1.29 is 19.4 Å². The van der Waals surface area contributed by atoms with Crippen molar-refractivity contribution in [2.45, 2.75) is 37.6 Å². The molecule has 144 valence electrons. The van der Waals surface area contributed by atoms with E-state index in [1.807, 2.05) is 42.5 Å². The van der Waals surface area contributed by atoms with E-state index in [-0.39, 0.29) is 18.9 Å². The highest BCUT2D eigenvalue weighted by molar-refractivity contribution is 5.81. The molecule has 28 heavy (non-hydrogen) atoms. The van der Waals surface area contributed by atoms with Gasteiger partial charge in [0.1, 0.15) is 12.6 Å². The van der Waals surface area contributed by atoms with Gasteiger partial charge in [0.15, 0.2) is 0 Å². The maximum absolute atomic E-state index is 12.2. The van der Waals surface area contributed by atoms with Gasteiger partial charge in [-0.1, -0.05) is 48.5 Å². The fourth-order valence-electron chi connectivity index (χ4n) is 3.59. The van der Waals surface area contributed by atoms with Crippen LogP contribution in [0.5, 0.6) is 0 Å². The summed E-state index contributed by atoms with van der Waals surface area (Å²) in [6.07, 6.45) is 1.05. The number of nitrogens with one attached hydrogen (secondary N) is 1. The molecule has 0 aliphatic heterocycles. The van der Waals surface area contributed by atoms with Gasteiger partial charge in [0, 0.05) is 12.3 Å². The molecule has 1 amide bonds. The largest absolute Gasteiger partial charge is 0.480 e. The number of hydrogen-bond acceptors (Lipinski definition) is 4. The van der Waals surface area contributed by atoms with Gasteiger partial charge in [-0.2, -0.15) is 5.26 Å². The van der Waals surface area contributed by atoms with Crippen LogP contribution in [0.4, 0.5) is 4.79 Å². The van der Waals surface area contributed by atoms with E-state index in [1.165, 1.54) is 0 Å². The third-order valence-corrected chi connectivity index (χ3v) is 4.97.